The topological polar surface area (TPSA) is 69.2 Å². The molecule has 6 nitrogen and oxygen atoms in total. The van der Waals surface area contributed by atoms with Gasteiger partial charge in [0.25, 0.3) is 0 Å². The molecule has 0 bridgehead atoms. The fraction of sp³-hybridized carbons (Fsp3) is 0.286. The molecular weight excluding hydrogens is 355 g/mol. The molecule has 0 saturated heterocycles. The lowest BCUT2D eigenvalue weighted by molar-refractivity contribution is 0.431. The molecule has 7 heteroatoms. The van der Waals surface area contributed by atoms with E-state index in [-0.39, 0.29) is 18.0 Å². The minimum absolute atomic E-state index is 0.185. The normalized spacial score (nSPS) is 19.5. The van der Waals surface area contributed by atoms with Crippen molar-refractivity contribution in [2.75, 3.05) is 4.90 Å². The first-order valence-electron chi connectivity index (χ1n) is 9.50. The summed E-state index contributed by atoms with van der Waals surface area (Å²) in [4.78, 5) is 11.4. The van der Waals surface area contributed by atoms with Crippen LogP contribution in [0.25, 0.3) is 0 Å². The Kier molecular flexibility index (Phi) is 4.16. The third kappa shape index (κ3) is 3.18. The number of hydrogen-bond donors (Lipinski definition) is 2. The Morgan fingerprint density at radius 3 is 2.79 bits per heavy atom. The zero-order valence-corrected chi connectivity index (χ0v) is 15.5. The van der Waals surface area contributed by atoms with Crippen LogP contribution in [-0.4, -0.2) is 33.6 Å². The van der Waals surface area contributed by atoms with Crippen LogP contribution < -0.4 is 10.2 Å². The molecule has 2 aliphatic rings. The Balaban J connectivity index is 1.61. The number of rotatable bonds is 5. The maximum atomic E-state index is 13.5. The molecule has 1 aliphatic carbocycles. The molecule has 3 heterocycles. The molecule has 3 aromatic rings. The third-order valence-corrected chi connectivity index (χ3v) is 5.13. The minimum Gasteiger partial charge on any atom is -0.303 e. The van der Waals surface area contributed by atoms with Crippen LogP contribution in [0.5, 0.6) is 0 Å². The van der Waals surface area contributed by atoms with Crippen LogP contribution in [0.15, 0.2) is 53.7 Å². The number of pyridine rings is 1. The number of hydrogen-bond acceptors (Lipinski definition) is 5. The monoisotopic (exact) mass is 376 g/mol. The van der Waals surface area contributed by atoms with E-state index >= 15 is 0 Å². The van der Waals surface area contributed by atoms with Crippen molar-refractivity contribution in [1.29, 1.82) is 0 Å². The summed E-state index contributed by atoms with van der Waals surface area (Å²) in [5.41, 5.74) is 3.83. The number of nitrogens with zero attached hydrogens (tertiary/aromatic N) is 4. The first-order chi connectivity index (χ1) is 13.7. The predicted molar refractivity (Wildman–Crippen MR) is 106 cm³/mol. The highest BCUT2D eigenvalue weighted by Crippen LogP contribution is 2.38. The number of para-hydroxylation sites is 1. The first kappa shape index (κ1) is 17.1. The van der Waals surface area contributed by atoms with E-state index < -0.39 is 0 Å². The second-order valence-corrected chi connectivity index (χ2v) is 7.35. The van der Waals surface area contributed by atoms with Gasteiger partial charge in [0.2, 0.25) is 0 Å². The molecule has 0 amide bonds. The Morgan fingerprint density at radius 1 is 1.21 bits per heavy atom. The maximum Gasteiger partial charge on any atom is 0.156 e. The van der Waals surface area contributed by atoms with E-state index in [1.54, 1.807) is 6.07 Å². The largest absolute Gasteiger partial charge is 0.303 e. The van der Waals surface area contributed by atoms with Crippen LogP contribution in [0.3, 0.4) is 0 Å². The number of aryl methyl sites for hydroxylation is 1. The van der Waals surface area contributed by atoms with Crippen molar-refractivity contribution in [2.45, 2.75) is 38.0 Å². The van der Waals surface area contributed by atoms with Gasteiger partial charge in [-0.2, -0.15) is 5.10 Å². The molecule has 1 fully saturated rings. The molecule has 0 spiro atoms. The molecule has 28 heavy (non-hydrogen) atoms. The fourth-order valence-electron chi connectivity index (χ4n) is 3.60. The molecule has 142 valence electrons. The van der Waals surface area contributed by atoms with Crippen molar-refractivity contribution in [3.05, 3.63) is 71.4 Å². The number of H-pyrrole nitrogens is 1. The summed E-state index contributed by atoms with van der Waals surface area (Å²) < 4.78 is 13.5. The summed E-state index contributed by atoms with van der Waals surface area (Å²) in [6.45, 7) is 1.98. The van der Waals surface area contributed by atoms with Crippen LogP contribution in [0, 0.1) is 12.7 Å². The van der Waals surface area contributed by atoms with Crippen LogP contribution in [0.1, 0.15) is 35.8 Å². The molecular formula is C21H21FN6. The van der Waals surface area contributed by atoms with Gasteiger partial charge in [0, 0.05) is 29.6 Å². The van der Waals surface area contributed by atoms with Crippen molar-refractivity contribution >= 4 is 17.7 Å². The Bertz CT molecular complexity index is 1010. The molecule has 2 N–H and O–H groups in total. The summed E-state index contributed by atoms with van der Waals surface area (Å²) >= 11 is 0. The van der Waals surface area contributed by atoms with E-state index in [0.717, 1.165) is 41.3 Å². The Hall–Kier alpha value is -3.06. The smallest absolute Gasteiger partial charge is 0.156 e. The van der Waals surface area contributed by atoms with E-state index in [2.05, 4.69) is 31.5 Å². The molecule has 2 atom stereocenters. The van der Waals surface area contributed by atoms with E-state index in [4.69, 9.17) is 4.99 Å². The number of nitrogens with one attached hydrogen (secondary N) is 2. The zero-order valence-electron chi connectivity index (χ0n) is 15.5. The predicted octanol–water partition coefficient (Wildman–Crippen LogP) is 3.64. The van der Waals surface area contributed by atoms with Gasteiger partial charge in [-0.3, -0.25) is 20.0 Å². The van der Waals surface area contributed by atoms with Gasteiger partial charge in [-0.25, -0.2) is 4.39 Å². The number of aliphatic imine (C=N–C) groups is 1. The molecule has 1 saturated carbocycles. The number of benzene rings is 1. The highest BCUT2D eigenvalue weighted by Gasteiger charge is 2.37. The number of halogens is 1. The lowest BCUT2D eigenvalue weighted by atomic mass is 10.0. The van der Waals surface area contributed by atoms with Gasteiger partial charge in [-0.1, -0.05) is 18.2 Å². The summed E-state index contributed by atoms with van der Waals surface area (Å²) in [5, 5.41) is 11.2. The number of aromatic amines is 1. The maximum absolute atomic E-state index is 13.5. The summed E-state index contributed by atoms with van der Waals surface area (Å²) in [7, 11) is 0. The van der Waals surface area contributed by atoms with Gasteiger partial charge >= 0.3 is 0 Å². The second kappa shape index (κ2) is 6.83. The summed E-state index contributed by atoms with van der Waals surface area (Å²) in [6, 6.07) is 13.6. The van der Waals surface area contributed by atoms with Crippen molar-refractivity contribution in [2.24, 2.45) is 4.99 Å². The molecule has 1 aromatic carbocycles. The number of aromatic nitrogens is 3. The number of anilines is 2. The quantitative estimate of drug-likeness (QED) is 0.713. The van der Waals surface area contributed by atoms with E-state index in [1.807, 2.05) is 37.4 Å². The molecule has 0 unspecified atom stereocenters. The third-order valence-electron chi connectivity index (χ3n) is 5.13. The SMILES string of the molecule is Cc1cc(N2c3ccccc3C=N[C@H]2[C@H](NC2CC2)c2ccc(F)cn2)n[nH]1. The Morgan fingerprint density at radius 2 is 2.07 bits per heavy atom. The first-order valence-corrected chi connectivity index (χ1v) is 9.50. The van der Waals surface area contributed by atoms with E-state index in [0.29, 0.717) is 6.04 Å². The average Bonchev–Trinajstić information content (AvgIpc) is 3.44. The molecule has 1 aliphatic heterocycles. The zero-order chi connectivity index (χ0) is 19.1. The molecule has 5 rings (SSSR count). The van der Waals surface area contributed by atoms with Crippen LogP contribution in [0.4, 0.5) is 15.9 Å². The Labute approximate surface area is 162 Å². The number of fused-ring (bicyclic) bond motifs is 1. The standard InChI is InChI=1S/C21H21FN6/c1-13-10-19(27-26-13)28-18-5-3-2-4-14(18)11-24-21(28)20(25-16-7-8-16)17-9-6-15(22)12-23-17/h2-6,9-12,16,20-21,25H,7-8H2,1H3,(H,26,27)/t20-,21-/m1/s1. The minimum atomic E-state index is -0.341. The molecule has 0 radical (unpaired) electrons. The van der Waals surface area contributed by atoms with Crippen molar-refractivity contribution in [3.8, 4) is 0 Å². The van der Waals surface area contributed by atoms with Crippen LogP contribution in [-0.2, 0) is 0 Å². The van der Waals surface area contributed by atoms with Crippen LogP contribution in [0.2, 0.25) is 0 Å². The van der Waals surface area contributed by atoms with Crippen molar-refractivity contribution in [3.63, 3.8) is 0 Å². The van der Waals surface area contributed by atoms with Gasteiger partial charge in [0.15, 0.2) is 5.82 Å². The fourth-order valence-corrected chi connectivity index (χ4v) is 3.60. The van der Waals surface area contributed by atoms with Gasteiger partial charge < -0.3 is 5.32 Å². The van der Waals surface area contributed by atoms with Gasteiger partial charge in [-0.05, 0) is 38.0 Å². The van der Waals surface area contributed by atoms with E-state index in [1.165, 1.54) is 12.3 Å². The van der Waals surface area contributed by atoms with E-state index in [9.17, 15) is 4.39 Å². The van der Waals surface area contributed by atoms with Crippen molar-refractivity contribution in [1.82, 2.24) is 20.5 Å². The lowest BCUT2D eigenvalue weighted by Gasteiger charge is -2.38. The van der Waals surface area contributed by atoms with Gasteiger partial charge in [-0.15, -0.1) is 0 Å². The molecule has 2 aromatic heterocycles. The summed E-state index contributed by atoms with van der Waals surface area (Å²) in [5.74, 6) is 0.461. The van der Waals surface area contributed by atoms with Crippen molar-refractivity contribution < 1.29 is 4.39 Å². The second-order valence-electron chi connectivity index (χ2n) is 7.35. The summed E-state index contributed by atoms with van der Waals surface area (Å²) in [6.07, 6.45) is 5.15. The van der Waals surface area contributed by atoms with Gasteiger partial charge in [0.1, 0.15) is 12.0 Å². The highest BCUT2D eigenvalue weighted by molar-refractivity contribution is 5.92. The van der Waals surface area contributed by atoms with Crippen LogP contribution >= 0.6 is 0 Å². The van der Waals surface area contributed by atoms with Gasteiger partial charge in [0.05, 0.1) is 23.6 Å². The lowest BCUT2D eigenvalue weighted by Crippen LogP contribution is -2.44. The average molecular weight is 376 g/mol. The highest BCUT2D eigenvalue weighted by atomic mass is 19.1.